The van der Waals surface area contributed by atoms with Gasteiger partial charge in [-0.2, -0.15) is 8.42 Å². The number of benzene rings is 2. The fourth-order valence-electron chi connectivity index (χ4n) is 2.06. The maximum absolute atomic E-state index is 13.5. The average molecular weight is 412 g/mol. The monoisotopic (exact) mass is 412 g/mol. The van der Waals surface area contributed by atoms with E-state index in [4.69, 9.17) is 15.0 Å². The first-order chi connectivity index (χ1) is 13.1. The summed E-state index contributed by atoms with van der Waals surface area (Å²) >= 11 is 0. The number of nitrogens with one attached hydrogen (secondary N) is 1. The minimum atomic E-state index is -3.67. The molecule has 0 spiro atoms. The third-order valence-electron chi connectivity index (χ3n) is 3.56. The number of carbonyl (C=O) groups excluding carboxylic acids is 1. The van der Waals surface area contributed by atoms with Crippen LogP contribution in [0.2, 0.25) is 0 Å². The van der Waals surface area contributed by atoms with Crippen LogP contribution in [-0.4, -0.2) is 37.8 Å². The molecule has 4 N–H and O–H groups in total. The molecule has 28 heavy (non-hydrogen) atoms. The maximum atomic E-state index is 13.5. The SMILES string of the molecule is CC(NCc1ccc(OCCc2ccccc2F)cc1)C(N)=O.CS(=O)(=O)O. The standard InChI is InChI=1S/C18H21FN2O2.CH4O3S/c1-13(18(20)22)21-12-14-6-8-16(9-7-14)23-11-10-15-4-2-3-5-17(15)19;1-5(2,3)4/h2-9,13,21H,10-12H2,1H3,(H2,20,22);1H3,(H,2,3,4). The number of primary amides is 1. The van der Waals surface area contributed by atoms with E-state index < -0.39 is 10.1 Å². The van der Waals surface area contributed by atoms with E-state index in [0.29, 0.717) is 31.4 Å². The highest BCUT2D eigenvalue weighted by Gasteiger charge is 2.07. The smallest absolute Gasteiger partial charge is 0.261 e. The average Bonchev–Trinajstić information content (AvgIpc) is 2.61. The van der Waals surface area contributed by atoms with E-state index in [0.717, 1.165) is 11.3 Å². The molecule has 1 unspecified atom stereocenters. The van der Waals surface area contributed by atoms with Crippen molar-refractivity contribution < 1.29 is 26.9 Å². The number of nitrogens with two attached hydrogens (primary N) is 1. The van der Waals surface area contributed by atoms with Crippen LogP contribution in [0.3, 0.4) is 0 Å². The number of hydrogen-bond acceptors (Lipinski definition) is 5. The Kier molecular flexibility index (Phi) is 9.57. The van der Waals surface area contributed by atoms with E-state index >= 15 is 0 Å². The van der Waals surface area contributed by atoms with Gasteiger partial charge in [-0.1, -0.05) is 30.3 Å². The molecule has 0 saturated heterocycles. The predicted molar refractivity (Wildman–Crippen MR) is 105 cm³/mol. The van der Waals surface area contributed by atoms with Gasteiger partial charge in [-0.05, 0) is 36.2 Å². The summed E-state index contributed by atoms with van der Waals surface area (Å²) in [7, 11) is -3.67. The first kappa shape index (κ1) is 23.5. The second-order valence-electron chi connectivity index (χ2n) is 6.07. The molecule has 0 heterocycles. The fourth-order valence-corrected chi connectivity index (χ4v) is 2.06. The molecule has 0 aliphatic carbocycles. The van der Waals surface area contributed by atoms with Crippen LogP contribution >= 0.6 is 0 Å². The van der Waals surface area contributed by atoms with Crippen LogP contribution in [0.1, 0.15) is 18.1 Å². The van der Waals surface area contributed by atoms with Crippen LogP contribution in [-0.2, 0) is 27.9 Å². The van der Waals surface area contributed by atoms with Crippen LogP contribution < -0.4 is 15.8 Å². The summed E-state index contributed by atoms with van der Waals surface area (Å²) in [6.45, 7) is 2.69. The topological polar surface area (TPSA) is 119 Å². The molecule has 0 bridgehead atoms. The van der Waals surface area contributed by atoms with Gasteiger partial charge in [-0.15, -0.1) is 0 Å². The molecule has 0 aromatic heterocycles. The van der Waals surface area contributed by atoms with E-state index in [1.165, 1.54) is 6.07 Å². The van der Waals surface area contributed by atoms with Gasteiger partial charge in [-0.25, -0.2) is 4.39 Å². The van der Waals surface area contributed by atoms with Crippen molar-refractivity contribution >= 4 is 16.0 Å². The summed E-state index contributed by atoms with van der Waals surface area (Å²) in [5.74, 6) is 0.146. The summed E-state index contributed by atoms with van der Waals surface area (Å²) < 4.78 is 45.0. The van der Waals surface area contributed by atoms with Crippen molar-refractivity contribution in [2.45, 2.75) is 25.9 Å². The highest BCUT2D eigenvalue weighted by Crippen LogP contribution is 2.14. The normalized spacial score (nSPS) is 11.9. The second-order valence-corrected chi connectivity index (χ2v) is 7.54. The van der Waals surface area contributed by atoms with Crippen molar-refractivity contribution in [3.8, 4) is 5.75 Å². The zero-order chi connectivity index (χ0) is 21.2. The lowest BCUT2D eigenvalue weighted by Crippen LogP contribution is -2.38. The largest absolute Gasteiger partial charge is 0.493 e. The van der Waals surface area contributed by atoms with Crippen LogP contribution in [0.15, 0.2) is 48.5 Å². The predicted octanol–water partition coefficient (Wildman–Crippen LogP) is 1.91. The van der Waals surface area contributed by atoms with Crippen molar-refractivity contribution in [3.63, 3.8) is 0 Å². The minimum absolute atomic E-state index is 0.207. The van der Waals surface area contributed by atoms with Gasteiger partial charge < -0.3 is 15.8 Å². The quantitative estimate of drug-likeness (QED) is 0.570. The van der Waals surface area contributed by atoms with Gasteiger partial charge in [-0.3, -0.25) is 9.35 Å². The van der Waals surface area contributed by atoms with E-state index in [1.54, 1.807) is 19.1 Å². The van der Waals surface area contributed by atoms with Gasteiger partial charge >= 0.3 is 0 Å². The van der Waals surface area contributed by atoms with Gasteiger partial charge in [0.25, 0.3) is 10.1 Å². The number of hydrogen-bond donors (Lipinski definition) is 3. The highest BCUT2D eigenvalue weighted by molar-refractivity contribution is 7.85. The van der Waals surface area contributed by atoms with Crippen molar-refractivity contribution in [2.24, 2.45) is 5.73 Å². The molecule has 154 valence electrons. The van der Waals surface area contributed by atoms with Crippen LogP contribution in [0, 0.1) is 5.82 Å². The molecule has 0 radical (unpaired) electrons. The second kappa shape index (κ2) is 11.4. The number of rotatable bonds is 8. The van der Waals surface area contributed by atoms with Crippen LogP contribution in [0.5, 0.6) is 5.75 Å². The molecule has 2 aromatic carbocycles. The van der Waals surface area contributed by atoms with E-state index in [1.807, 2.05) is 30.3 Å². The number of halogens is 1. The Bertz CT molecular complexity index is 849. The van der Waals surface area contributed by atoms with Gasteiger partial charge in [0.1, 0.15) is 11.6 Å². The molecular formula is C19H25FN2O5S. The Morgan fingerprint density at radius 2 is 1.79 bits per heavy atom. The molecular weight excluding hydrogens is 387 g/mol. The van der Waals surface area contributed by atoms with Crippen LogP contribution in [0.4, 0.5) is 4.39 Å². The maximum Gasteiger partial charge on any atom is 0.261 e. The summed E-state index contributed by atoms with van der Waals surface area (Å²) in [4.78, 5) is 10.9. The highest BCUT2D eigenvalue weighted by atomic mass is 32.2. The van der Waals surface area contributed by atoms with Gasteiger partial charge in [0.2, 0.25) is 5.91 Å². The lowest BCUT2D eigenvalue weighted by molar-refractivity contribution is -0.119. The van der Waals surface area contributed by atoms with Gasteiger partial charge in [0.15, 0.2) is 0 Å². The third kappa shape index (κ3) is 10.6. The Balaban J connectivity index is 0.000000696. The van der Waals surface area contributed by atoms with Crippen LogP contribution in [0.25, 0.3) is 0 Å². The van der Waals surface area contributed by atoms with Gasteiger partial charge in [0.05, 0.1) is 18.9 Å². The first-order valence-corrected chi connectivity index (χ1v) is 10.3. The molecule has 0 aliphatic heterocycles. The fraction of sp³-hybridized carbons (Fsp3) is 0.316. The Hall–Kier alpha value is -2.49. The Morgan fingerprint density at radius 1 is 1.21 bits per heavy atom. The van der Waals surface area contributed by atoms with Gasteiger partial charge in [0, 0.05) is 13.0 Å². The summed E-state index contributed by atoms with van der Waals surface area (Å²) in [6.07, 6.45) is 1.24. The lowest BCUT2D eigenvalue weighted by atomic mass is 10.1. The number of carbonyl (C=O) groups is 1. The summed E-state index contributed by atoms with van der Waals surface area (Å²) in [5.41, 5.74) is 6.86. The Labute approximate surface area is 164 Å². The summed E-state index contributed by atoms with van der Waals surface area (Å²) in [5, 5.41) is 3.03. The van der Waals surface area contributed by atoms with Crippen molar-refractivity contribution in [1.82, 2.24) is 5.32 Å². The zero-order valence-electron chi connectivity index (χ0n) is 15.8. The molecule has 9 heteroatoms. The molecule has 0 saturated carbocycles. The molecule has 7 nitrogen and oxygen atoms in total. The number of ether oxygens (including phenoxy) is 1. The molecule has 0 aliphatic rings. The van der Waals surface area contributed by atoms with E-state index in [9.17, 15) is 17.6 Å². The van der Waals surface area contributed by atoms with Crippen molar-refractivity contribution in [3.05, 3.63) is 65.5 Å². The first-order valence-electron chi connectivity index (χ1n) is 8.46. The molecule has 1 atom stereocenters. The van der Waals surface area contributed by atoms with E-state index in [-0.39, 0.29) is 17.8 Å². The lowest BCUT2D eigenvalue weighted by Gasteiger charge is -2.11. The van der Waals surface area contributed by atoms with E-state index in [2.05, 4.69) is 5.32 Å². The van der Waals surface area contributed by atoms with Crippen molar-refractivity contribution in [1.29, 1.82) is 0 Å². The zero-order valence-corrected chi connectivity index (χ0v) is 16.6. The van der Waals surface area contributed by atoms with Crippen molar-refractivity contribution in [2.75, 3.05) is 12.9 Å². The molecule has 2 rings (SSSR count). The molecule has 1 amide bonds. The molecule has 2 aromatic rings. The Morgan fingerprint density at radius 3 is 2.32 bits per heavy atom. The number of amides is 1. The molecule has 0 fully saturated rings. The minimum Gasteiger partial charge on any atom is -0.493 e. The third-order valence-corrected chi connectivity index (χ3v) is 3.56. The summed E-state index contributed by atoms with van der Waals surface area (Å²) in [6, 6.07) is 13.9.